The molecule has 0 aromatic heterocycles. The zero-order valence-corrected chi connectivity index (χ0v) is 22.0. The highest BCUT2D eigenvalue weighted by atomic mass is 16.5. The van der Waals surface area contributed by atoms with Crippen LogP contribution in [-0.4, -0.2) is 86.6 Å². The van der Waals surface area contributed by atoms with E-state index in [0.29, 0.717) is 26.1 Å². The molecule has 2 fully saturated rings. The molecule has 8 nitrogen and oxygen atoms in total. The second kappa shape index (κ2) is 9.40. The van der Waals surface area contributed by atoms with E-state index < -0.39 is 35.1 Å². The average Bonchev–Trinajstić information content (AvgIpc) is 3.14. The Hall–Kier alpha value is -2.97. The zero-order chi connectivity index (χ0) is 26.5. The molecule has 1 spiro atoms. The Bertz CT molecular complexity index is 1130. The van der Waals surface area contributed by atoms with Crippen LogP contribution in [0.1, 0.15) is 39.7 Å². The van der Waals surface area contributed by atoms with E-state index in [9.17, 15) is 19.5 Å². The predicted molar refractivity (Wildman–Crippen MR) is 138 cm³/mol. The largest absolute Gasteiger partial charge is 0.394 e. The van der Waals surface area contributed by atoms with Crippen LogP contribution >= 0.6 is 0 Å². The lowest BCUT2D eigenvalue weighted by atomic mass is 9.74. The maximum Gasteiger partial charge on any atom is 0.249 e. The lowest BCUT2D eigenvalue weighted by Crippen LogP contribution is -2.59. The first-order chi connectivity index (χ1) is 17.7. The van der Waals surface area contributed by atoms with E-state index in [2.05, 4.69) is 0 Å². The standard InChI is InChI=1S/C29H37N3O5/c1-5-21(18-33)32-24-27(36)31(19(2)3)16-10-14-29(24)23(26(32)35)22-25(34)30(15-9-13-28(22,4)37-29)17-20-11-7-6-8-12-20/h6-14,19,21-24,33H,5,15-18H2,1-4H3/t21-,22-,23-,24?,28+,29-/m0/s1. The molecule has 37 heavy (non-hydrogen) atoms. The topological polar surface area (TPSA) is 90.4 Å². The van der Waals surface area contributed by atoms with E-state index in [1.54, 1.807) is 9.80 Å². The Balaban J connectivity index is 1.62. The van der Waals surface area contributed by atoms with Crippen LogP contribution in [0.15, 0.2) is 54.6 Å². The summed E-state index contributed by atoms with van der Waals surface area (Å²) >= 11 is 0. The quantitative estimate of drug-likeness (QED) is 0.596. The first-order valence-corrected chi connectivity index (χ1v) is 13.3. The number of ether oxygens (including phenoxy) is 1. The van der Waals surface area contributed by atoms with Crippen LogP contribution in [-0.2, 0) is 25.7 Å². The molecule has 5 rings (SSSR count). The van der Waals surface area contributed by atoms with E-state index >= 15 is 0 Å². The van der Waals surface area contributed by atoms with Crippen LogP contribution in [0.5, 0.6) is 0 Å². The number of benzene rings is 1. The minimum Gasteiger partial charge on any atom is -0.394 e. The summed E-state index contributed by atoms with van der Waals surface area (Å²) in [6.07, 6.45) is 8.06. The van der Waals surface area contributed by atoms with Crippen molar-refractivity contribution >= 4 is 17.7 Å². The fourth-order valence-electron chi connectivity index (χ4n) is 6.75. The van der Waals surface area contributed by atoms with Gasteiger partial charge in [0.15, 0.2) is 0 Å². The number of likely N-dealkylation sites (tertiary alicyclic amines) is 1. The summed E-state index contributed by atoms with van der Waals surface area (Å²) < 4.78 is 6.82. The summed E-state index contributed by atoms with van der Waals surface area (Å²) in [6.45, 7) is 8.59. The van der Waals surface area contributed by atoms with Gasteiger partial charge < -0.3 is 24.5 Å². The van der Waals surface area contributed by atoms with Gasteiger partial charge in [-0.2, -0.15) is 0 Å². The van der Waals surface area contributed by atoms with Gasteiger partial charge in [0.05, 0.1) is 30.1 Å². The van der Waals surface area contributed by atoms with Gasteiger partial charge in [-0.3, -0.25) is 14.4 Å². The molecule has 4 aliphatic rings. The number of hydrogen-bond donors (Lipinski definition) is 1. The summed E-state index contributed by atoms with van der Waals surface area (Å²) in [5.74, 6) is -2.33. The van der Waals surface area contributed by atoms with Gasteiger partial charge in [-0.05, 0) is 32.8 Å². The van der Waals surface area contributed by atoms with Crippen LogP contribution in [0.25, 0.3) is 0 Å². The van der Waals surface area contributed by atoms with E-state index in [0.717, 1.165) is 5.56 Å². The number of nitrogens with zero attached hydrogens (tertiary/aromatic N) is 3. The second-order valence-electron chi connectivity index (χ2n) is 11.1. The van der Waals surface area contributed by atoms with Crippen LogP contribution < -0.4 is 0 Å². The number of aliphatic hydroxyl groups excluding tert-OH is 1. The van der Waals surface area contributed by atoms with Gasteiger partial charge in [-0.1, -0.05) is 61.6 Å². The molecular formula is C29H37N3O5. The highest BCUT2D eigenvalue weighted by Gasteiger charge is 2.75. The number of carbonyl (C=O) groups excluding carboxylic acids is 3. The molecule has 1 aromatic rings. The van der Waals surface area contributed by atoms with Gasteiger partial charge in [0.2, 0.25) is 17.7 Å². The third kappa shape index (κ3) is 3.84. The minimum absolute atomic E-state index is 0.0807. The Morgan fingerprint density at radius 1 is 1.00 bits per heavy atom. The summed E-state index contributed by atoms with van der Waals surface area (Å²) in [6, 6.07) is 8.20. The van der Waals surface area contributed by atoms with Gasteiger partial charge >= 0.3 is 0 Å². The minimum atomic E-state index is -1.30. The number of aliphatic hydroxyl groups is 1. The molecule has 198 valence electrons. The third-order valence-corrected chi connectivity index (χ3v) is 8.52. The summed E-state index contributed by atoms with van der Waals surface area (Å²) in [7, 11) is 0. The maximum absolute atomic E-state index is 14.3. The molecular weight excluding hydrogens is 470 g/mol. The first kappa shape index (κ1) is 25.7. The van der Waals surface area contributed by atoms with Crippen molar-refractivity contribution in [2.24, 2.45) is 11.8 Å². The molecule has 3 amide bonds. The van der Waals surface area contributed by atoms with Gasteiger partial charge in [0.25, 0.3) is 0 Å². The van der Waals surface area contributed by atoms with Crippen molar-refractivity contribution in [3.63, 3.8) is 0 Å². The predicted octanol–water partition coefficient (Wildman–Crippen LogP) is 2.13. The van der Waals surface area contributed by atoms with Gasteiger partial charge in [0.1, 0.15) is 11.6 Å². The molecule has 0 saturated carbocycles. The fraction of sp³-hybridized carbons (Fsp3) is 0.552. The van der Waals surface area contributed by atoms with Gasteiger partial charge in [-0.15, -0.1) is 0 Å². The lowest BCUT2D eigenvalue weighted by molar-refractivity contribution is -0.156. The number of rotatable bonds is 6. The SMILES string of the molecule is CC[C@@H](CO)N1C(=O)[C@@H]2[C@H]3C(=O)N(Cc4ccccc4)CC=C[C@@]3(C)O[C@@]23C=CCN(C(C)C)C(=O)C13. The van der Waals surface area contributed by atoms with E-state index in [-0.39, 0.29) is 30.4 Å². The fourth-order valence-corrected chi connectivity index (χ4v) is 6.75. The van der Waals surface area contributed by atoms with Gasteiger partial charge in [-0.25, -0.2) is 0 Å². The Morgan fingerprint density at radius 2 is 1.70 bits per heavy atom. The average molecular weight is 508 g/mol. The first-order valence-electron chi connectivity index (χ1n) is 13.3. The molecule has 1 unspecified atom stereocenters. The molecule has 0 aliphatic carbocycles. The molecule has 0 radical (unpaired) electrons. The molecule has 6 atom stereocenters. The number of carbonyl (C=O) groups is 3. The highest BCUT2D eigenvalue weighted by Crippen LogP contribution is 2.58. The van der Waals surface area contributed by atoms with Crippen molar-refractivity contribution in [2.75, 3.05) is 19.7 Å². The highest BCUT2D eigenvalue weighted by molar-refractivity contribution is 6.00. The molecule has 4 aliphatic heterocycles. The summed E-state index contributed by atoms with van der Waals surface area (Å²) in [5, 5.41) is 10.2. The van der Waals surface area contributed by atoms with Crippen LogP contribution in [0.4, 0.5) is 0 Å². The lowest BCUT2D eigenvalue weighted by Gasteiger charge is -2.40. The van der Waals surface area contributed by atoms with Crippen molar-refractivity contribution in [2.45, 2.75) is 70.0 Å². The molecule has 2 saturated heterocycles. The maximum atomic E-state index is 14.3. The third-order valence-electron chi connectivity index (χ3n) is 8.52. The van der Waals surface area contributed by atoms with Gasteiger partial charge in [0, 0.05) is 25.7 Å². The number of amides is 3. The Labute approximate surface area is 218 Å². The molecule has 1 N–H and O–H groups in total. The molecule has 1 aromatic carbocycles. The van der Waals surface area contributed by atoms with E-state index in [1.807, 2.05) is 82.3 Å². The van der Waals surface area contributed by atoms with Crippen molar-refractivity contribution in [3.8, 4) is 0 Å². The number of hydrogen-bond acceptors (Lipinski definition) is 5. The Morgan fingerprint density at radius 3 is 2.35 bits per heavy atom. The summed E-state index contributed by atoms with van der Waals surface area (Å²) in [4.78, 5) is 47.6. The smallest absolute Gasteiger partial charge is 0.249 e. The second-order valence-corrected chi connectivity index (χ2v) is 11.1. The van der Waals surface area contributed by atoms with Crippen LogP contribution in [0, 0.1) is 11.8 Å². The van der Waals surface area contributed by atoms with E-state index in [4.69, 9.17) is 4.74 Å². The normalized spacial score (nSPS) is 33.9. The monoisotopic (exact) mass is 507 g/mol. The molecule has 0 bridgehead atoms. The van der Waals surface area contributed by atoms with E-state index in [1.165, 1.54) is 4.90 Å². The van der Waals surface area contributed by atoms with Crippen LogP contribution in [0.2, 0.25) is 0 Å². The number of fused-ring (bicyclic) bond motifs is 2. The van der Waals surface area contributed by atoms with Crippen molar-refractivity contribution in [3.05, 3.63) is 60.2 Å². The molecule has 8 heteroatoms. The van der Waals surface area contributed by atoms with Crippen molar-refractivity contribution < 1.29 is 24.2 Å². The van der Waals surface area contributed by atoms with Crippen molar-refractivity contribution in [1.82, 2.24) is 14.7 Å². The van der Waals surface area contributed by atoms with Crippen molar-refractivity contribution in [1.29, 1.82) is 0 Å². The molecule has 4 heterocycles. The zero-order valence-electron chi connectivity index (χ0n) is 22.0. The summed E-state index contributed by atoms with van der Waals surface area (Å²) in [5.41, 5.74) is -1.34. The van der Waals surface area contributed by atoms with Crippen LogP contribution in [0.3, 0.4) is 0 Å². The Kier molecular flexibility index (Phi) is 6.52.